The lowest BCUT2D eigenvalue weighted by atomic mass is 10.1. The maximum Gasteiger partial charge on any atom is 0.0537 e. The zero-order valence-corrected chi connectivity index (χ0v) is 17.4. The second-order valence-electron chi connectivity index (χ2n) is 7.15. The summed E-state index contributed by atoms with van der Waals surface area (Å²) in [5.41, 5.74) is 7.60. The van der Waals surface area contributed by atoms with Gasteiger partial charge in [0.15, 0.2) is 0 Å². The highest BCUT2D eigenvalue weighted by Crippen LogP contribution is 2.32. The molecule has 1 heteroatoms. The summed E-state index contributed by atoms with van der Waals surface area (Å²) < 4.78 is 2.38. The Morgan fingerprint density at radius 3 is 1.79 bits per heavy atom. The van der Waals surface area contributed by atoms with Gasteiger partial charge in [-0.25, -0.2) is 0 Å². The maximum atomic E-state index is 3.86. The molecule has 1 aromatic heterocycles. The predicted octanol–water partition coefficient (Wildman–Crippen LogP) is 8.09. The summed E-state index contributed by atoms with van der Waals surface area (Å²) in [5, 5.41) is 2.67. The third-order valence-electron chi connectivity index (χ3n) is 5.11. The normalized spacial score (nSPS) is 11.4. The summed E-state index contributed by atoms with van der Waals surface area (Å²) in [4.78, 5) is 0. The van der Waals surface area contributed by atoms with E-state index >= 15 is 0 Å². The first kappa shape index (κ1) is 19.7. The molecule has 0 aliphatic heterocycles. The zero-order valence-electron chi connectivity index (χ0n) is 17.4. The van der Waals surface area contributed by atoms with Crippen LogP contribution < -0.4 is 0 Å². The first-order valence-electron chi connectivity index (χ1n) is 9.93. The number of para-hydroxylation sites is 2. The van der Waals surface area contributed by atoms with Gasteiger partial charge in [-0.15, -0.1) is 0 Å². The second kappa shape index (κ2) is 8.75. The molecule has 0 saturated heterocycles. The van der Waals surface area contributed by atoms with Gasteiger partial charge in [0.1, 0.15) is 0 Å². The monoisotopic (exact) mass is 367 g/mol. The standard InChI is InChI=1S/C17H17N.C10H12/c1-3-13(4-2)18-16-11-7-5-9-14(16)15-10-6-8-12-17(15)18;1-8(2)10-6-4-9(3)5-7-10/h3,5-12H,4H2,1-2H3;4-7H,1H2,2-3H3/b13-3+;. The summed E-state index contributed by atoms with van der Waals surface area (Å²) in [7, 11) is 0. The first-order chi connectivity index (χ1) is 13.6. The van der Waals surface area contributed by atoms with Crippen LogP contribution in [0.2, 0.25) is 0 Å². The molecule has 0 atom stereocenters. The van der Waals surface area contributed by atoms with Crippen LogP contribution in [0.3, 0.4) is 0 Å². The fourth-order valence-corrected chi connectivity index (χ4v) is 3.56. The van der Waals surface area contributed by atoms with Crippen molar-refractivity contribution in [1.29, 1.82) is 0 Å². The number of aryl methyl sites for hydroxylation is 1. The van der Waals surface area contributed by atoms with Crippen LogP contribution in [0.5, 0.6) is 0 Å². The molecule has 0 aliphatic carbocycles. The molecule has 0 saturated carbocycles. The molecule has 1 nitrogen and oxygen atoms in total. The van der Waals surface area contributed by atoms with E-state index in [1.165, 1.54) is 38.6 Å². The molecule has 0 radical (unpaired) electrons. The molecule has 0 fully saturated rings. The molecular weight excluding hydrogens is 338 g/mol. The maximum absolute atomic E-state index is 3.86. The van der Waals surface area contributed by atoms with E-state index in [0.717, 1.165) is 12.0 Å². The van der Waals surface area contributed by atoms with E-state index in [2.05, 4.69) is 111 Å². The fourth-order valence-electron chi connectivity index (χ4n) is 3.56. The van der Waals surface area contributed by atoms with Crippen molar-refractivity contribution in [1.82, 2.24) is 4.57 Å². The van der Waals surface area contributed by atoms with E-state index in [4.69, 9.17) is 0 Å². The zero-order chi connectivity index (χ0) is 20.1. The van der Waals surface area contributed by atoms with E-state index in [0.29, 0.717) is 0 Å². The molecule has 3 aromatic carbocycles. The largest absolute Gasteiger partial charge is 0.313 e. The van der Waals surface area contributed by atoms with Gasteiger partial charge in [-0.3, -0.25) is 0 Å². The molecular formula is C27H29N. The summed E-state index contributed by atoms with van der Waals surface area (Å²) in [6.07, 6.45) is 3.25. The lowest BCUT2D eigenvalue weighted by Crippen LogP contribution is -1.94. The van der Waals surface area contributed by atoms with E-state index < -0.39 is 0 Å². The van der Waals surface area contributed by atoms with E-state index in [9.17, 15) is 0 Å². The Kier molecular flexibility index (Phi) is 6.16. The minimum Gasteiger partial charge on any atom is -0.313 e. The van der Waals surface area contributed by atoms with Crippen molar-refractivity contribution in [2.45, 2.75) is 34.1 Å². The Balaban J connectivity index is 0.000000192. The van der Waals surface area contributed by atoms with Crippen LogP contribution >= 0.6 is 0 Å². The molecule has 0 amide bonds. The Bertz CT molecular complexity index is 1070. The van der Waals surface area contributed by atoms with Gasteiger partial charge in [-0.1, -0.05) is 91.4 Å². The fraction of sp³-hybridized carbons (Fsp3) is 0.185. The molecule has 0 unspecified atom stereocenters. The summed E-state index contributed by atoms with van der Waals surface area (Å²) in [6.45, 7) is 12.3. The van der Waals surface area contributed by atoms with Crippen molar-refractivity contribution in [2.24, 2.45) is 0 Å². The van der Waals surface area contributed by atoms with Crippen LogP contribution in [0.1, 0.15) is 38.3 Å². The Labute approximate surface area is 168 Å². The molecule has 0 bridgehead atoms. The molecule has 4 rings (SSSR count). The van der Waals surface area contributed by atoms with Gasteiger partial charge in [0, 0.05) is 16.5 Å². The minimum atomic E-state index is 1.04. The Hall–Kier alpha value is -3.06. The van der Waals surface area contributed by atoms with Crippen molar-refractivity contribution < 1.29 is 0 Å². The third-order valence-corrected chi connectivity index (χ3v) is 5.11. The van der Waals surface area contributed by atoms with Gasteiger partial charge in [-0.2, -0.15) is 0 Å². The smallest absolute Gasteiger partial charge is 0.0537 e. The number of hydrogen-bond acceptors (Lipinski definition) is 0. The van der Waals surface area contributed by atoms with E-state index in [1.807, 2.05) is 6.92 Å². The van der Waals surface area contributed by atoms with Crippen molar-refractivity contribution >= 4 is 33.1 Å². The highest BCUT2D eigenvalue weighted by molar-refractivity contribution is 6.09. The van der Waals surface area contributed by atoms with Crippen LogP contribution in [0, 0.1) is 6.92 Å². The van der Waals surface area contributed by atoms with Crippen molar-refractivity contribution in [2.75, 3.05) is 0 Å². The van der Waals surface area contributed by atoms with Crippen LogP contribution in [0.15, 0.2) is 85.5 Å². The summed E-state index contributed by atoms with van der Waals surface area (Å²) in [6, 6.07) is 25.7. The average molecular weight is 368 g/mol. The van der Waals surface area contributed by atoms with Gasteiger partial charge < -0.3 is 4.57 Å². The summed E-state index contributed by atoms with van der Waals surface area (Å²) in [5.74, 6) is 0. The Morgan fingerprint density at radius 1 is 0.857 bits per heavy atom. The number of fused-ring (bicyclic) bond motifs is 3. The first-order valence-corrected chi connectivity index (χ1v) is 9.93. The molecule has 28 heavy (non-hydrogen) atoms. The SMILES string of the molecule is C/C=C(\CC)n1c2ccccc2c2ccccc21.C=C(C)c1ccc(C)cc1. The third kappa shape index (κ3) is 3.94. The topological polar surface area (TPSA) is 4.93 Å². The van der Waals surface area contributed by atoms with Crippen LogP contribution in [0.4, 0.5) is 0 Å². The number of aromatic nitrogens is 1. The highest BCUT2D eigenvalue weighted by Gasteiger charge is 2.10. The van der Waals surface area contributed by atoms with Gasteiger partial charge in [0.05, 0.1) is 11.0 Å². The molecule has 0 aliphatic rings. The minimum absolute atomic E-state index is 1.04. The Morgan fingerprint density at radius 2 is 1.36 bits per heavy atom. The second-order valence-corrected chi connectivity index (χ2v) is 7.15. The quantitative estimate of drug-likeness (QED) is 0.345. The molecule has 1 heterocycles. The summed E-state index contributed by atoms with van der Waals surface area (Å²) >= 11 is 0. The van der Waals surface area contributed by atoms with Crippen molar-refractivity contribution in [3.05, 3.63) is 96.6 Å². The van der Waals surface area contributed by atoms with Crippen LogP contribution in [-0.2, 0) is 0 Å². The number of nitrogens with zero attached hydrogens (tertiary/aromatic N) is 1. The number of hydrogen-bond donors (Lipinski definition) is 0. The average Bonchev–Trinajstić information content (AvgIpc) is 3.05. The van der Waals surface area contributed by atoms with Gasteiger partial charge in [-0.05, 0) is 44.9 Å². The van der Waals surface area contributed by atoms with Crippen molar-refractivity contribution in [3.63, 3.8) is 0 Å². The lowest BCUT2D eigenvalue weighted by molar-refractivity contribution is 1.08. The van der Waals surface area contributed by atoms with E-state index in [1.54, 1.807) is 0 Å². The van der Waals surface area contributed by atoms with Gasteiger partial charge in [0.25, 0.3) is 0 Å². The predicted molar refractivity (Wildman–Crippen MR) is 126 cm³/mol. The van der Waals surface area contributed by atoms with E-state index in [-0.39, 0.29) is 0 Å². The van der Waals surface area contributed by atoms with Gasteiger partial charge in [0.2, 0.25) is 0 Å². The molecule has 0 N–H and O–H groups in total. The van der Waals surface area contributed by atoms with Gasteiger partial charge >= 0.3 is 0 Å². The van der Waals surface area contributed by atoms with Crippen LogP contribution in [-0.4, -0.2) is 4.57 Å². The number of rotatable bonds is 3. The van der Waals surface area contributed by atoms with Crippen LogP contribution in [0.25, 0.3) is 33.1 Å². The number of benzene rings is 3. The highest BCUT2D eigenvalue weighted by atomic mass is 15.0. The molecule has 142 valence electrons. The molecule has 4 aromatic rings. The lowest BCUT2D eigenvalue weighted by Gasteiger charge is -2.09. The molecule has 0 spiro atoms. The number of allylic oxidation sites excluding steroid dienone is 3. The van der Waals surface area contributed by atoms with Crippen molar-refractivity contribution in [3.8, 4) is 0 Å².